The zero-order valence-corrected chi connectivity index (χ0v) is 19.8. The van der Waals surface area contributed by atoms with Gasteiger partial charge in [-0.3, -0.25) is 9.59 Å². The zero-order chi connectivity index (χ0) is 23.8. The third kappa shape index (κ3) is 4.14. The van der Waals surface area contributed by atoms with Crippen molar-refractivity contribution in [3.63, 3.8) is 0 Å². The van der Waals surface area contributed by atoms with Crippen LogP contribution in [0.1, 0.15) is 35.4 Å². The Morgan fingerprint density at radius 2 is 1.85 bits per heavy atom. The average molecular weight is 477 g/mol. The van der Waals surface area contributed by atoms with Gasteiger partial charge in [0.15, 0.2) is 5.16 Å². The normalized spacial score (nSPS) is 19.0. The monoisotopic (exact) mass is 476 g/mol. The van der Waals surface area contributed by atoms with E-state index in [0.29, 0.717) is 40.7 Å². The molecule has 8 heteroatoms. The fraction of sp³-hybridized carbons (Fsp3) is 0.269. The Morgan fingerprint density at radius 1 is 1.09 bits per heavy atom. The molecule has 2 aliphatic rings. The van der Waals surface area contributed by atoms with E-state index in [0.717, 1.165) is 16.9 Å². The maximum atomic E-state index is 14.0. The van der Waals surface area contributed by atoms with Crippen LogP contribution in [0.3, 0.4) is 0 Å². The topological polar surface area (TPSA) is 78.1 Å². The zero-order valence-electron chi connectivity index (χ0n) is 19.0. The third-order valence-electron chi connectivity index (χ3n) is 6.37. The van der Waals surface area contributed by atoms with Crippen LogP contribution in [-0.2, 0) is 10.5 Å². The number of rotatable bonds is 5. The molecular weight excluding hydrogens is 451 g/mol. The van der Waals surface area contributed by atoms with Gasteiger partial charge in [-0.25, -0.2) is 9.37 Å². The number of allylic oxidation sites excluding steroid dienone is 2. The van der Waals surface area contributed by atoms with E-state index in [1.54, 1.807) is 18.2 Å². The molecular formula is C26H25FN4O2S. The number of hydrogen-bond acceptors (Lipinski definition) is 6. The van der Waals surface area contributed by atoms with E-state index in [2.05, 4.69) is 15.3 Å². The van der Waals surface area contributed by atoms with Gasteiger partial charge in [-0.15, -0.1) is 0 Å². The smallest absolute Gasteiger partial charge is 0.257 e. The summed E-state index contributed by atoms with van der Waals surface area (Å²) in [5, 5.41) is 3.67. The summed E-state index contributed by atoms with van der Waals surface area (Å²) >= 11 is 1.27. The molecule has 1 aliphatic heterocycles. The SMILES string of the molecule is CN(C)c1ccc(C2c3c(nc(SCc4ccccc4F)[nH]c3=O)NC3=CCCC(=O)C32)cc1. The number of carbonyl (C=O) groups excluding carboxylic acids is 1. The molecule has 6 nitrogen and oxygen atoms in total. The maximum absolute atomic E-state index is 14.0. The second-order valence-corrected chi connectivity index (χ2v) is 9.71. The Kier molecular flexibility index (Phi) is 6.00. The van der Waals surface area contributed by atoms with Gasteiger partial charge in [0.2, 0.25) is 0 Å². The highest BCUT2D eigenvalue weighted by molar-refractivity contribution is 7.98. The number of fused-ring (bicyclic) bond motifs is 2. The van der Waals surface area contributed by atoms with Crippen molar-refractivity contribution < 1.29 is 9.18 Å². The molecule has 0 radical (unpaired) electrons. The quantitative estimate of drug-likeness (QED) is 0.411. The fourth-order valence-electron chi connectivity index (χ4n) is 4.64. The highest BCUT2D eigenvalue weighted by Gasteiger charge is 2.42. The minimum atomic E-state index is -0.439. The highest BCUT2D eigenvalue weighted by Crippen LogP contribution is 2.45. The molecule has 0 amide bonds. The molecule has 2 atom stereocenters. The number of halogens is 1. The number of benzene rings is 2. The second-order valence-electron chi connectivity index (χ2n) is 8.74. The lowest BCUT2D eigenvalue weighted by Crippen LogP contribution is -2.38. The van der Waals surface area contributed by atoms with Crippen LogP contribution >= 0.6 is 11.8 Å². The van der Waals surface area contributed by atoms with Crippen molar-refractivity contribution in [1.29, 1.82) is 0 Å². The van der Waals surface area contributed by atoms with Crippen LogP contribution in [-0.4, -0.2) is 29.8 Å². The van der Waals surface area contributed by atoms with E-state index in [9.17, 15) is 14.0 Å². The first kappa shape index (κ1) is 22.4. The molecule has 5 rings (SSSR count). The number of nitrogens with zero attached hydrogens (tertiary/aromatic N) is 2. The number of anilines is 2. The lowest BCUT2D eigenvalue weighted by Gasteiger charge is -2.36. The summed E-state index contributed by atoms with van der Waals surface area (Å²) in [5.74, 6) is -0.232. The molecule has 0 bridgehead atoms. The molecule has 2 N–H and O–H groups in total. The second kappa shape index (κ2) is 9.10. The number of Topliss-reactive ketones (excluding diaryl/α,β-unsaturated/α-hetero) is 1. The molecule has 1 aromatic heterocycles. The first-order chi connectivity index (χ1) is 16.4. The van der Waals surface area contributed by atoms with Gasteiger partial charge >= 0.3 is 0 Å². The van der Waals surface area contributed by atoms with Gasteiger partial charge in [0.1, 0.15) is 17.4 Å². The predicted octanol–water partition coefficient (Wildman–Crippen LogP) is 4.69. The minimum absolute atomic E-state index is 0.120. The van der Waals surface area contributed by atoms with Gasteiger partial charge in [0.25, 0.3) is 5.56 Å². The molecule has 34 heavy (non-hydrogen) atoms. The van der Waals surface area contributed by atoms with Gasteiger partial charge < -0.3 is 15.2 Å². The molecule has 0 saturated carbocycles. The lowest BCUT2D eigenvalue weighted by atomic mass is 9.72. The molecule has 3 aromatic rings. The third-order valence-corrected chi connectivity index (χ3v) is 7.29. The average Bonchev–Trinajstić information content (AvgIpc) is 2.82. The number of aromatic amines is 1. The van der Waals surface area contributed by atoms with Crippen LogP contribution in [0.15, 0.2) is 70.3 Å². The molecule has 2 aromatic carbocycles. The van der Waals surface area contributed by atoms with Gasteiger partial charge in [-0.1, -0.05) is 48.2 Å². The van der Waals surface area contributed by atoms with Gasteiger partial charge in [-0.05, 0) is 35.7 Å². The van der Waals surface area contributed by atoms with Crippen molar-refractivity contribution >= 4 is 29.1 Å². The van der Waals surface area contributed by atoms with Crippen molar-refractivity contribution in [2.24, 2.45) is 5.92 Å². The van der Waals surface area contributed by atoms with E-state index in [1.165, 1.54) is 17.8 Å². The molecule has 0 fully saturated rings. The summed E-state index contributed by atoms with van der Waals surface area (Å²) in [5.41, 5.74) is 3.46. The van der Waals surface area contributed by atoms with Crippen LogP contribution in [0.2, 0.25) is 0 Å². The van der Waals surface area contributed by atoms with Crippen LogP contribution in [0.25, 0.3) is 0 Å². The summed E-state index contributed by atoms with van der Waals surface area (Å²) < 4.78 is 14.0. The standard InChI is InChI=1S/C26H25FN4O2S/c1-31(2)17-12-10-15(11-13-17)21-22-19(8-5-9-20(22)32)28-24-23(21)25(33)30-26(29-24)34-14-16-6-3-4-7-18(16)27/h3-4,6-8,10-13,21-22H,5,9,14H2,1-2H3,(H2,28,29,30,33). The molecule has 2 heterocycles. The van der Waals surface area contributed by atoms with E-state index in [1.807, 2.05) is 49.3 Å². The van der Waals surface area contributed by atoms with Crippen molar-refractivity contribution in [2.45, 2.75) is 29.7 Å². The Morgan fingerprint density at radius 3 is 2.59 bits per heavy atom. The van der Waals surface area contributed by atoms with Gasteiger partial charge in [0.05, 0.1) is 11.5 Å². The Hall–Kier alpha value is -3.39. The van der Waals surface area contributed by atoms with Crippen molar-refractivity contribution in [2.75, 3.05) is 24.3 Å². The Bertz CT molecular complexity index is 1330. The summed E-state index contributed by atoms with van der Waals surface area (Å²) in [7, 11) is 3.94. The summed E-state index contributed by atoms with van der Waals surface area (Å²) in [6.07, 6.45) is 3.15. The molecule has 0 spiro atoms. The van der Waals surface area contributed by atoms with Gasteiger partial charge in [0, 0.05) is 43.6 Å². The maximum Gasteiger partial charge on any atom is 0.257 e. The Labute approximate surface area is 201 Å². The molecule has 2 unspecified atom stereocenters. The van der Waals surface area contributed by atoms with Crippen LogP contribution < -0.4 is 15.8 Å². The first-order valence-corrected chi connectivity index (χ1v) is 12.2. The van der Waals surface area contributed by atoms with E-state index >= 15 is 0 Å². The highest BCUT2D eigenvalue weighted by atomic mass is 32.2. The van der Waals surface area contributed by atoms with Crippen LogP contribution in [0, 0.1) is 11.7 Å². The van der Waals surface area contributed by atoms with E-state index in [4.69, 9.17) is 0 Å². The fourth-order valence-corrected chi connectivity index (χ4v) is 5.48. The number of thioether (sulfide) groups is 1. The number of nitrogens with one attached hydrogen (secondary N) is 2. The van der Waals surface area contributed by atoms with E-state index < -0.39 is 11.8 Å². The molecule has 0 saturated heterocycles. The Balaban J connectivity index is 1.55. The van der Waals surface area contributed by atoms with Crippen molar-refractivity contribution in [1.82, 2.24) is 9.97 Å². The lowest BCUT2D eigenvalue weighted by molar-refractivity contribution is -0.122. The van der Waals surface area contributed by atoms with Gasteiger partial charge in [-0.2, -0.15) is 0 Å². The summed E-state index contributed by atoms with van der Waals surface area (Å²) in [4.78, 5) is 35.9. The van der Waals surface area contributed by atoms with Crippen LogP contribution in [0.5, 0.6) is 0 Å². The van der Waals surface area contributed by atoms with E-state index in [-0.39, 0.29) is 17.2 Å². The summed E-state index contributed by atoms with van der Waals surface area (Å²) in [6, 6.07) is 14.5. The number of carbonyl (C=O) groups is 1. The largest absolute Gasteiger partial charge is 0.378 e. The van der Waals surface area contributed by atoms with Crippen molar-refractivity contribution in [3.05, 3.63) is 93.2 Å². The first-order valence-electron chi connectivity index (χ1n) is 11.2. The minimum Gasteiger partial charge on any atom is -0.378 e. The number of hydrogen-bond donors (Lipinski definition) is 2. The number of aromatic nitrogens is 2. The molecule has 1 aliphatic carbocycles. The summed E-state index contributed by atoms with van der Waals surface area (Å²) in [6.45, 7) is 0. The number of ketones is 1. The number of H-pyrrole nitrogens is 1. The molecule has 174 valence electrons. The van der Waals surface area contributed by atoms with Crippen molar-refractivity contribution in [3.8, 4) is 0 Å². The predicted molar refractivity (Wildman–Crippen MR) is 133 cm³/mol. The van der Waals surface area contributed by atoms with Crippen LogP contribution in [0.4, 0.5) is 15.9 Å².